The standard InChI is InChI=1S/C12H13Br2NO2/c13-9-3-4-11(10(14)7-9)17-8-12(16)15-5-1-2-6-15/h3-4,7H,1-2,5-6,8H2. The number of nitrogens with zero attached hydrogens (tertiary/aromatic N) is 1. The number of hydrogen-bond donors (Lipinski definition) is 0. The van der Waals surface area contributed by atoms with E-state index >= 15 is 0 Å². The van der Waals surface area contributed by atoms with E-state index in [1.807, 2.05) is 23.1 Å². The average Bonchev–Trinajstić information content (AvgIpc) is 2.81. The lowest BCUT2D eigenvalue weighted by Crippen LogP contribution is -2.32. The Balaban J connectivity index is 1.90. The highest BCUT2D eigenvalue weighted by molar-refractivity contribution is 9.11. The molecule has 0 N–H and O–H groups in total. The summed E-state index contributed by atoms with van der Waals surface area (Å²) in [5.41, 5.74) is 0. The maximum atomic E-state index is 11.8. The third kappa shape index (κ3) is 3.45. The molecule has 0 unspecified atom stereocenters. The fourth-order valence-corrected chi connectivity index (χ4v) is 2.95. The van der Waals surface area contributed by atoms with Crippen LogP contribution in [0.4, 0.5) is 0 Å². The lowest BCUT2D eigenvalue weighted by Gasteiger charge is -2.16. The van der Waals surface area contributed by atoms with Gasteiger partial charge in [0.15, 0.2) is 6.61 Å². The molecule has 1 aromatic carbocycles. The second-order valence-electron chi connectivity index (χ2n) is 3.95. The summed E-state index contributed by atoms with van der Waals surface area (Å²) >= 11 is 6.77. The fraction of sp³-hybridized carbons (Fsp3) is 0.417. The number of amides is 1. The smallest absolute Gasteiger partial charge is 0.260 e. The van der Waals surface area contributed by atoms with Crippen molar-refractivity contribution in [2.24, 2.45) is 0 Å². The van der Waals surface area contributed by atoms with E-state index < -0.39 is 0 Å². The Morgan fingerprint density at radius 1 is 1.29 bits per heavy atom. The number of rotatable bonds is 3. The molecule has 0 aromatic heterocycles. The second kappa shape index (κ2) is 5.87. The van der Waals surface area contributed by atoms with Crippen LogP contribution in [0.1, 0.15) is 12.8 Å². The molecule has 0 spiro atoms. The van der Waals surface area contributed by atoms with Crippen LogP contribution in [0.5, 0.6) is 5.75 Å². The third-order valence-corrected chi connectivity index (χ3v) is 3.82. The molecule has 0 saturated carbocycles. The van der Waals surface area contributed by atoms with Gasteiger partial charge >= 0.3 is 0 Å². The van der Waals surface area contributed by atoms with Crippen LogP contribution >= 0.6 is 31.9 Å². The van der Waals surface area contributed by atoms with Crippen molar-refractivity contribution < 1.29 is 9.53 Å². The first-order valence-electron chi connectivity index (χ1n) is 5.52. The highest BCUT2D eigenvalue weighted by atomic mass is 79.9. The fourth-order valence-electron chi connectivity index (χ4n) is 1.79. The van der Waals surface area contributed by atoms with Crippen LogP contribution in [0, 0.1) is 0 Å². The molecule has 0 atom stereocenters. The van der Waals surface area contributed by atoms with Crippen LogP contribution in [0.15, 0.2) is 27.1 Å². The summed E-state index contributed by atoms with van der Waals surface area (Å²) in [7, 11) is 0. The summed E-state index contributed by atoms with van der Waals surface area (Å²) < 4.78 is 7.33. The van der Waals surface area contributed by atoms with Gasteiger partial charge in [-0.15, -0.1) is 0 Å². The lowest BCUT2D eigenvalue weighted by atomic mass is 10.3. The molecule has 1 fully saturated rings. The van der Waals surface area contributed by atoms with Gasteiger partial charge in [0.2, 0.25) is 0 Å². The van der Waals surface area contributed by atoms with E-state index in [9.17, 15) is 4.79 Å². The van der Waals surface area contributed by atoms with Crippen molar-refractivity contribution in [3.05, 3.63) is 27.1 Å². The van der Waals surface area contributed by atoms with Crippen LogP contribution < -0.4 is 4.74 Å². The van der Waals surface area contributed by atoms with Crippen LogP contribution in [-0.4, -0.2) is 30.5 Å². The predicted octanol–water partition coefficient (Wildman–Crippen LogP) is 3.21. The summed E-state index contributed by atoms with van der Waals surface area (Å²) in [6.45, 7) is 1.84. The maximum absolute atomic E-state index is 11.8. The highest BCUT2D eigenvalue weighted by Gasteiger charge is 2.18. The first-order valence-corrected chi connectivity index (χ1v) is 7.11. The summed E-state index contributed by atoms with van der Waals surface area (Å²) in [6, 6.07) is 5.63. The highest BCUT2D eigenvalue weighted by Crippen LogP contribution is 2.28. The number of benzene rings is 1. The molecule has 1 saturated heterocycles. The monoisotopic (exact) mass is 361 g/mol. The van der Waals surface area contributed by atoms with E-state index in [2.05, 4.69) is 31.9 Å². The molecule has 1 aliphatic heterocycles. The summed E-state index contributed by atoms with van der Waals surface area (Å²) in [6.07, 6.45) is 2.21. The van der Waals surface area contributed by atoms with Gasteiger partial charge in [-0.2, -0.15) is 0 Å². The molecule has 2 rings (SSSR count). The van der Waals surface area contributed by atoms with E-state index in [0.717, 1.165) is 34.9 Å². The summed E-state index contributed by atoms with van der Waals surface area (Å²) in [5, 5.41) is 0. The van der Waals surface area contributed by atoms with Gasteiger partial charge in [0.25, 0.3) is 5.91 Å². The van der Waals surface area contributed by atoms with Gasteiger partial charge in [-0.1, -0.05) is 15.9 Å². The molecule has 1 aliphatic rings. The summed E-state index contributed by atoms with van der Waals surface area (Å²) in [4.78, 5) is 13.6. The molecule has 1 amide bonds. The third-order valence-electron chi connectivity index (χ3n) is 2.70. The minimum Gasteiger partial charge on any atom is -0.483 e. The van der Waals surface area contributed by atoms with Crippen molar-refractivity contribution in [2.75, 3.05) is 19.7 Å². The predicted molar refractivity (Wildman–Crippen MR) is 73.2 cm³/mol. The maximum Gasteiger partial charge on any atom is 0.260 e. The van der Waals surface area contributed by atoms with E-state index in [1.54, 1.807) is 0 Å². The van der Waals surface area contributed by atoms with Gasteiger partial charge in [-0.25, -0.2) is 0 Å². The van der Waals surface area contributed by atoms with Crippen molar-refractivity contribution in [1.29, 1.82) is 0 Å². The zero-order valence-electron chi connectivity index (χ0n) is 9.29. The van der Waals surface area contributed by atoms with Crippen molar-refractivity contribution >= 4 is 37.8 Å². The average molecular weight is 363 g/mol. The number of carbonyl (C=O) groups excluding carboxylic acids is 1. The molecule has 1 heterocycles. The Bertz CT molecular complexity index is 417. The molecular weight excluding hydrogens is 350 g/mol. The molecule has 3 nitrogen and oxygen atoms in total. The zero-order valence-corrected chi connectivity index (χ0v) is 12.5. The van der Waals surface area contributed by atoms with Crippen LogP contribution in [-0.2, 0) is 4.79 Å². The Morgan fingerprint density at radius 2 is 2.00 bits per heavy atom. The number of ether oxygens (including phenoxy) is 1. The largest absolute Gasteiger partial charge is 0.483 e. The van der Waals surface area contributed by atoms with Gasteiger partial charge in [-0.3, -0.25) is 4.79 Å². The van der Waals surface area contributed by atoms with Gasteiger partial charge in [0.1, 0.15) is 5.75 Å². The number of carbonyl (C=O) groups is 1. The molecule has 0 radical (unpaired) electrons. The van der Waals surface area contributed by atoms with Crippen LogP contribution in [0.3, 0.4) is 0 Å². The summed E-state index contributed by atoms with van der Waals surface area (Å²) in [5.74, 6) is 0.762. The zero-order chi connectivity index (χ0) is 12.3. The van der Waals surface area contributed by atoms with Crippen LogP contribution in [0.25, 0.3) is 0 Å². The van der Waals surface area contributed by atoms with E-state index in [-0.39, 0.29) is 12.5 Å². The van der Waals surface area contributed by atoms with Crippen LogP contribution in [0.2, 0.25) is 0 Å². The Labute approximate surface area is 117 Å². The van der Waals surface area contributed by atoms with Crippen molar-refractivity contribution in [3.8, 4) is 5.75 Å². The molecule has 1 aromatic rings. The normalized spacial score (nSPS) is 15.1. The SMILES string of the molecule is O=C(COc1ccc(Br)cc1Br)N1CCCC1. The van der Waals surface area contributed by atoms with Crippen molar-refractivity contribution in [1.82, 2.24) is 4.90 Å². The quantitative estimate of drug-likeness (QED) is 0.826. The van der Waals surface area contributed by atoms with E-state index in [0.29, 0.717) is 5.75 Å². The Morgan fingerprint density at radius 3 is 2.65 bits per heavy atom. The van der Waals surface area contributed by atoms with E-state index in [4.69, 9.17) is 4.74 Å². The van der Waals surface area contributed by atoms with Crippen molar-refractivity contribution in [2.45, 2.75) is 12.8 Å². The van der Waals surface area contributed by atoms with Gasteiger partial charge in [-0.05, 0) is 47.0 Å². The van der Waals surface area contributed by atoms with Gasteiger partial charge in [0.05, 0.1) is 4.47 Å². The molecule has 5 heteroatoms. The molecule has 0 aliphatic carbocycles. The van der Waals surface area contributed by atoms with Gasteiger partial charge in [0, 0.05) is 17.6 Å². The minimum absolute atomic E-state index is 0.0670. The second-order valence-corrected chi connectivity index (χ2v) is 5.72. The number of likely N-dealkylation sites (tertiary alicyclic amines) is 1. The number of hydrogen-bond acceptors (Lipinski definition) is 2. The van der Waals surface area contributed by atoms with E-state index in [1.165, 1.54) is 0 Å². The Kier molecular flexibility index (Phi) is 4.45. The van der Waals surface area contributed by atoms with Gasteiger partial charge < -0.3 is 9.64 Å². The minimum atomic E-state index is 0.0670. The molecular formula is C12H13Br2NO2. The molecule has 17 heavy (non-hydrogen) atoms. The number of halogens is 2. The first kappa shape index (κ1) is 12.9. The molecule has 0 bridgehead atoms. The van der Waals surface area contributed by atoms with Crippen molar-refractivity contribution in [3.63, 3.8) is 0 Å². The topological polar surface area (TPSA) is 29.5 Å². The lowest BCUT2D eigenvalue weighted by molar-refractivity contribution is -0.132. The molecule has 92 valence electrons. The first-order chi connectivity index (χ1) is 8.16. The Hall–Kier alpha value is -0.550.